The molecule has 2 saturated carbocycles. The Balaban J connectivity index is 0.000000125. The zero-order valence-corrected chi connectivity index (χ0v) is 69.9. The van der Waals surface area contributed by atoms with Crippen LogP contribution in [0.5, 0.6) is 0 Å². The minimum absolute atomic E-state index is 0.292. The molecule has 21 nitrogen and oxygen atoms in total. The molecule has 1 unspecified atom stereocenters. The number of nitrogens with zero attached hydrogens (tertiary/aromatic N) is 19. The fourth-order valence-corrected chi connectivity index (χ4v) is 15.0. The number of aromatic nitrogens is 15. The minimum Gasteiger partial charge on any atom is -0.459 e. The zero-order chi connectivity index (χ0) is 81.6. The molecule has 2 fully saturated rings. The predicted molar refractivity (Wildman–Crippen MR) is 456 cm³/mol. The lowest BCUT2D eigenvalue weighted by Crippen LogP contribution is -2.27. The van der Waals surface area contributed by atoms with Gasteiger partial charge in [-0.2, -0.15) is 21.0 Å². The third kappa shape index (κ3) is 16.2. The molecule has 114 heavy (non-hydrogen) atoms. The summed E-state index contributed by atoms with van der Waals surface area (Å²) in [7, 11) is 10.0. The first-order valence-corrected chi connectivity index (χ1v) is 38.9. The van der Waals surface area contributed by atoms with Crippen molar-refractivity contribution in [1.82, 2.24) is 72.7 Å². The van der Waals surface area contributed by atoms with Crippen LogP contribution in [-0.4, -0.2) is 84.2 Å². The molecule has 22 heteroatoms. The van der Waals surface area contributed by atoms with Gasteiger partial charge in [-0.15, -0.1) is 0 Å². The van der Waals surface area contributed by atoms with E-state index in [2.05, 4.69) is 216 Å². The number of hydrogen-bond donors (Lipinski definition) is 0. The van der Waals surface area contributed by atoms with Gasteiger partial charge in [-0.05, 0) is 283 Å². The Morgan fingerprint density at radius 3 is 0.991 bits per heavy atom. The van der Waals surface area contributed by atoms with E-state index in [0.29, 0.717) is 12.0 Å². The van der Waals surface area contributed by atoms with E-state index in [4.69, 9.17) is 34.9 Å². The molecule has 0 amide bonds. The van der Waals surface area contributed by atoms with Crippen LogP contribution in [0.25, 0.3) is 113 Å². The number of aryl methyl sites for hydroxylation is 15. The van der Waals surface area contributed by atoms with E-state index >= 15 is 0 Å². The lowest BCUT2D eigenvalue weighted by Gasteiger charge is -2.21. The Morgan fingerprint density at radius 2 is 0.719 bits per heavy atom. The van der Waals surface area contributed by atoms with E-state index in [1.54, 1.807) is 33.2 Å². The first-order valence-electron chi connectivity index (χ1n) is 37.8. The molecule has 15 aromatic rings. The van der Waals surface area contributed by atoms with E-state index in [1.807, 2.05) is 123 Å². The molecule has 10 heterocycles. The van der Waals surface area contributed by atoms with Crippen molar-refractivity contribution in [1.29, 1.82) is 21.0 Å². The molecule has 0 saturated heterocycles. The number of hydrogen-bond acceptors (Lipinski definition) is 16. The highest BCUT2D eigenvalue weighted by Crippen LogP contribution is 2.49. The molecule has 2 aliphatic rings. The molecule has 2 aliphatic carbocycles. The summed E-state index contributed by atoms with van der Waals surface area (Å²) in [4.78, 5) is 59.0. The molecule has 0 spiro atoms. The van der Waals surface area contributed by atoms with Gasteiger partial charge in [0.1, 0.15) is 34.1 Å². The van der Waals surface area contributed by atoms with Crippen LogP contribution < -0.4 is 0 Å². The van der Waals surface area contributed by atoms with Crippen LogP contribution in [0.1, 0.15) is 130 Å². The quantitative estimate of drug-likeness (QED) is 0.0909. The average molecular weight is 1620 g/mol. The Hall–Kier alpha value is -12.6. The van der Waals surface area contributed by atoms with Gasteiger partial charge in [0, 0.05) is 69.8 Å². The summed E-state index contributed by atoms with van der Waals surface area (Å²) in [5.41, 5.74) is 28.1. The number of imidazole rings is 5. The van der Waals surface area contributed by atoms with Gasteiger partial charge >= 0.3 is 5.97 Å². The van der Waals surface area contributed by atoms with Crippen LogP contribution in [0, 0.1) is 118 Å². The van der Waals surface area contributed by atoms with E-state index in [0.717, 1.165) is 192 Å². The summed E-state index contributed by atoms with van der Waals surface area (Å²) in [6.07, 6.45) is 13.0. The molecule has 10 aromatic heterocycles. The van der Waals surface area contributed by atoms with Gasteiger partial charge in [0.15, 0.2) is 35.0 Å². The summed E-state index contributed by atoms with van der Waals surface area (Å²) < 4.78 is 16.9. The van der Waals surface area contributed by atoms with E-state index < -0.39 is 17.5 Å². The second-order valence-electron chi connectivity index (χ2n) is 31.3. The molecular formula is C92H90IN19O2. The number of rotatable bonds is 10. The van der Waals surface area contributed by atoms with Gasteiger partial charge in [0.2, 0.25) is 0 Å². The Morgan fingerprint density at radius 1 is 0.421 bits per heavy atom. The van der Waals surface area contributed by atoms with Gasteiger partial charge in [-0.25, -0.2) is 24.9 Å². The topological polar surface area (TPSA) is 275 Å². The third-order valence-electron chi connectivity index (χ3n) is 21.1. The summed E-state index contributed by atoms with van der Waals surface area (Å²) in [6.45, 7) is 25.7. The first-order chi connectivity index (χ1) is 54.3. The summed E-state index contributed by atoms with van der Waals surface area (Å²) in [6, 6.07) is 50.5. The second-order valence-corrected chi connectivity index (χ2v) is 32.5. The summed E-state index contributed by atoms with van der Waals surface area (Å²) >= 11 is 2.28. The van der Waals surface area contributed by atoms with E-state index in [-0.39, 0.29) is 10.8 Å². The Labute approximate surface area is 677 Å². The number of halogens is 1. The van der Waals surface area contributed by atoms with Crippen molar-refractivity contribution < 1.29 is 9.53 Å². The van der Waals surface area contributed by atoms with E-state index in [9.17, 15) is 20.6 Å². The van der Waals surface area contributed by atoms with E-state index in [1.165, 1.54) is 22.3 Å². The molecular weight excluding hydrogens is 1530 g/mol. The van der Waals surface area contributed by atoms with Crippen LogP contribution in [0.15, 0.2) is 152 Å². The van der Waals surface area contributed by atoms with Gasteiger partial charge in [-0.3, -0.25) is 29.7 Å². The van der Waals surface area contributed by atoms with Crippen LogP contribution >= 0.6 is 22.6 Å². The van der Waals surface area contributed by atoms with Crippen molar-refractivity contribution in [2.45, 2.75) is 144 Å². The smallest absolute Gasteiger partial charge is 0.328 e. The van der Waals surface area contributed by atoms with Gasteiger partial charge in [-0.1, -0.05) is 54.6 Å². The summed E-state index contributed by atoms with van der Waals surface area (Å²) in [5.74, 6) is 2.69. The number of benzene rings is 5. The monoisotopic (exact) mass is 1620 g/mol. The number of fused-ring (bicyclic) bond motifs is 5. The standard InChI is InChI=1S/C22H24N4O2.2C19H18N4.C17H16N4.C15H14IN3/c1-13-7-8-18-17(9-13)25-20(26(18)6)19-14(2)10-15(12-24-19)16(11-23)21(27)28-22(3,4)5;2*1-12-4-5-16-15(8-12)22-18(23(16)3)17-13(2)9-14(10-21-17)19(11-20)6-7-19;1-11-4-5-15-14(8-11)20-17(21(15)3)16-12(2)9-13(6-7-18)10-19-16;1-9-4-5-13-12(6-9)18-15(19(13)3)14-10(2)7-11(16)8-17-14/h7-10,12,16H,1-6H3;2*4-5,8-10H,6-7H2,1-3H3;4-5,8-10H,6H2,1-3H3;4-8H,1-3H3. The van der Waals surface area contributed by atoms with Gasteiger partial charge in [0.25, 0.3) is 0 Å². The molecule has 0 radical (unpaired) electrons. The molecule has 1 atom stereocenters. The van der Waals surface area contributed by atoms with Crippen LogP contribution in [-0.2, 0) is 62.0 Å². The van der Waals surface area contributed by atoms with Crippen LogP contribution in [0.2, 0.25) is 0 Å². The highest BCUT2D eigenvalue weighted by atomic mass is 127. The highest BCUT2D eigenvalue weighted by Gasteiger charge is 2.46. The normalized spacial score (nSPS) is 13.2. The number of pyridine rings is 5. The summed E-state index contributed by atoms with van der Waals surface area (Å²) in [5, 5.41) is 37.0. The van der Waals surface area contributed by atoms with Crippen molar-refractivity contribution in [2.75, 3.05) is 0 Å². The van der Waals surface area contributed by atoms with Crippen molar-refractivity contribution in [3.8, 4) is 81.9 Å². The van der Waals surface area contributed by atoms with Crippen molar-refractivity contribution in [2.24, 2.45) is 35.2 Å². The SMILES string of the molecule is Cc1ccc2c(c1)nc(-c1ncc(C(C#N)C(=O)OC(C)(C)C)cc1C)n2C.Cc1ccc2c(c1)nc(-c1ncc(C3(C#N)CC3)cc1C)n2C.Cc1ccc2c(c1)nc(-c1ncc(C3(C#N)CC3)cc1C)n2C.Cc1ccc2c(c1)nc(-c1ncc(CC#N)cc1C)n2C.Cc1ccc2c(c1)nc(-c1ncc(I)cc1C)n2C. The number of nitriles is 4. The lowest BCUT2D eigenvalue weighted by molar-refractivity contribution is -0.155. The second kappa shape index (κ2) is 31.9. The number of ether oxygens (including phenoxy) is 1. The van der Waals surface area contributed by atoms with Crippen molar-refractivity contribution >= 4 is 83.7 Å². The van der Waals surface area contributed by atoms with Crippen LogP contribution in [0.4, 0.5) is 0 Å². The minimum atomic E-state index is -1.01. The van der Waals surface area contributed by atoms with Crippen molar-refractivity contribution in [3.05, 3.63) is 234 Å². The predicted octanol–water partition coefficient (Wildman–Crippen LogP) is 19.0. The lowest BCUT2D eigenvalue weighted by atomic mass is 9.97. The molecule has 572 valence electrons. The van der Waals surface area contributed by atoms with Gasteiger partial charge < -0.3 is 27.6 Å². The fraction of sp³-hybridized carbons (Fsp3) is 0.293. The zero-order valence-electron chi connectivity index (χ0n) is 67.7. The number of carbonyl (C=O) groups is 1. The van der Waals surface area contributed by atoms with Crippen molar-refractivity contribution in [3.63, 3.8) is 0 Å². The Bertz CT molecular complexity index is 6340. The molecule has 17 rings (SSSR count). The molecule has 0 N–H and O–H groups in total. The highest BCUT2D eigenvalue weighted by molar-refractivity contribution is 14.1. The van der Waals surface area contributed by atoms with Crippen LogP contribution in [0.3, 0.4) is 0 Å². The molecule has 5 aromatic carbocycles. The molecule has 0 aliphatic heterocycles. The fourth-order valence-electron chi connectivity index (χ4n) is 14.4. The maximum Gasteiger partial charge on any atom is 0.328 e. The first kappa shape index (κ1) is 79.4. The largest absolute Gasteiger partial charge is 0.459 e. The third-order valence-corrected chi connectivity index (χ3v) is 21.7. The van der Waals surface area contributed by atoms with Gasteiger partial charge in [0.05, 0.1) is 96.7 Å². The maximum atomic E-state index is 12.4. The number of carbonyl (C=O) groups excluding carboxylic acids is 1. The Kier molecular flexibility index (Phi) is 22.2. The maximum absolute atomic E-state index is 12.4. The average Bonchev–Trinajstić information content (AvgIpc) is 1.61. The number of esters is 1. The molecule has 0 bridgehead atoms.